The van der Waals surface area contributed by atoms with Gasteiger partial charge in [0.25, 0.3) is 5.89 Å². The molecule has 4 aromatic rings. The molecule has 0 bridgehead atoms. The molecule has 3 heterocycles. The number of piperidine rings is 1. The number of anilines is 1. The molecule has 0 N–H and O–H groups in total. The van der Waals surface area contributed by atoms with Crippen molar-refractivity contribution in [1.29, 1.82) is 0 Å². The fourth-order valence-corrected chi connectivity index (χ4v) is 5.30. The average Bonchev–Trinajstić information content (AvgIpc) is 3.50. The maximum absolute atomic E-state index is 13.4. The lowest BCUT2D eigenvalue weighted by atomic mass is 9.94. The maximum Gasteiger partial charge on any atom is 0.398 e. The molecule has 2 aliphatic rings. The molecule has 2 aromatic carbocycles. The quantitative estimate of drug-likeness (QED) is 0.268. The zero-order valence-corrected chi connectivity index (χ0v) is 21.4. The van der Waals surface area contributed by atoms with Crippen LogP contribution in [0.25, 0.3) is 27.8 Å². The number of hydrogen-bond acceptors (Lipinski definition) is 5. The second-order valence-electron chi connectivity index (χ2n) is 10.4. The van der Waals surface area contributed by atoms with E-state index in [1.54, 1.807) is 12.1 Å². The Labute approximate surface area is 224 Å². The van der Waals surface area contributed by atoms with Crippen molar-refractivity contribution < 1.29 is 17.7 Å². The molecule has 2 fully saturated rings. The molecule has 0 spiro atoms. The minimum absolute atomic E-state index is 0.121. The summed E-state index contributed by atoms with van der Waals surface area (Å²) in [5, 5.41) is 8.71. The van der Waals surface area contributed by atoms with Gasteiger partial charge in [-0.1, -0.05) is 41.6 Å². The second kappa shape index (κ2) is 9.56. The first-order valence-corrected chi connectivity index (χ1v) is 13.0. The van der Waals surface area contributed by atoms with Gasteiger partial charge in [0.1, 0.15) is 0 Å². The van der Waals surface area contributed by atoms with E-state index >= 15 is 0 Å². The molecule has 6 rings (SSSR count). The third-order valence-electron chi connectivity index (χ3n) is 7.87. The summed E-state index contributed by atoms with van der Waals surface area (Å²) in [5.41, 5.74) is 2.86. The van der Waals surface area contributed by atoms with Crippen LogP contribution in [0, 0.1) is 13.5 Å². The number of rotatable bonds is 6. The third kappa shape index (κ3) is 4.78. The van der Waals surface area contributed by atoms with Crippen molar-refractivity contribution in [2.24, 2.45) is 0 Å². The van der Waals surface area contributed by atoms with Crippen LogP contribution < -0.4 is 4.90 Å². The van der Waals surface area contributed by atoms with E-state index in [4.69, 9.17) is 11.1 Å². The molecule has 1 aliphatic carbocycles. The number of benzene rings is 2. The van der Waals surface area contributed by atoms with Crippen LogP contribution in [0.4, 0.5) is 18.9 Å². The summed E-state index contributed by atoms with van der Waals surface area (Å²) in [7, 11) is 0. The Morgan fingerprint density at radius 2 is 1.82 bits per heavy atom. The van der Waals surface area contributed by atoms with Crippen LogP contribution >= 0.6 is 0 Å². The Balaban J connectivity index is 1.16. The van der Waals surface area contributed by atoms with Crippen molar-refractivity contribution in [3.05, 3.63) is 82.8 Å². The van der Waals surface area contributed by atoms with Crippen molar-refractivity contribution in [3.8, 4) is 23.0 Å². The normalized spacial score (nSPS) is 17.3. The summed E-state index contributed by atoms with van der Waals surface area (Å²) >= 11 is 0. The number of alkyl halides is 3. The molecular formula is C29H27F3N6O. The van der Waals surface area contributed by atoms with Crippen LogP contribution in [0.15, 0.2) is 59.1 Å². The van der Waals surface area contributed by atoms with Crippen molar-refractivity contribution in [3.63, 3.8) is 0 Å². The Morgan fingerprint density at radius 1 is 1.08 bits per heavy atom. The Bertz CT molecular complexity index is 1520. The molecule has 0 atom stereocenters. The van der Waals surface area contributed by atoms with Crippen LogP contribution in [0.1, 0.15) is 42.5 Å². The summed E-state index contributed by atoms with van der Waals surface area (Å²) in [5.74, 6) is 0.552. The summed E-state index contributed by atoms with van der Waals surface area (Å²) in [6, 6.07) is 16.6. The van der Waals surface area contributed by atoms with Crippen molar-refractivity contribution >= 4 is 5.69 Å². The van der Waals surface area contributed by atoms with Gasteiger partial charge in [0.2, 0.25) is 11.9 Å². The van der Waals surface area contributed by atoms with E-state index in [0.717, 1.165) is 42.9 Å². The van der Waals surface area contributed by atoms with Gasteiger partial charge in [-0.15, -0.1) is 0 Å². The molecular weight excluding hydrogens is 505 g/mol. The fraction of sp³-hybridized carbons (Fsp3) is 0.379. The average molecular weight is 533 g/mol. The molecule has 7 nitrogen and oxygen atoms in total. The predicted molar refractivity (Wildman–Crippen MR) is 140 cm³/mol. The maximum atomic E-state index is 13.4. The highest BCUT2D eigenvalue weighted by molar-refractivity contribution is 5.59. The summed E-state index contributed by atoms with van der Waals surface area (Å²) < 4.78 is 47.7. The monoisotopic (exact) mass is 532 g/mol. The molecule has 0 radical (unpaired) electrons. The molecule has 39 heavy (non-hydrogen) atoms. The highest BCUT2D eigenvalue weighted by atomic mass is 19.4. The van der Waals surface area contributed by atoms with Gasteiger partial charge < -0.3 is 14.3 Å². The van der Waals surface area contributed by atoms with Gasteiger partial charge in [-0.25, -0.2) is 6.57 Å². The molecule has 10 heteroatoms. The molecule has 1 saturated heterocycles. The number of halogens is 3. The molecule has 0 amide bonds. The summed E-state index contributed by atoms with van der Waals surface area (Å²) in [6.07, 6.45) is -2.23. The summed E-state index contributed by atoms with van der Waals surface area (Å²) in [6.45, 7) is 11.5. The van der Waals surface area contributed by atoms with Gasteiger partial charge in [-0.05, 0) is 49.1 Å². The van der Waals surface area contributed by atoms with Crippen molar-refractivity contribution in [2.45, 2.75) is 56.8 Å². The summed E-state index contributed by atoms with van der Waals surface area (Å²) in [4.78, 5) is 10.5. The standard InChI is InChI=1S/C29H27F3N6O/c1-19-16-25(35-38(19)18-20-4-3-5-24(17-20)37-14-10-23(33-2)11-15-37)27-34-26(36-39-27)21-6-8-22(9-7-21)28(12-13-28)29(30,31)32/h3-9,16-17,23H,10-15,18H2,1H3. The predicted octanol–water partition coefficient (Wildman–Crippen LogP) is 6.44. The van der Waals surface area contributed by atoms with Gasteiger partial charge in [-0.3, -0.25) is 4.68 Å². The lowest BCUT2D eigenvalue weighted by molar-refractivity contribution is -0.160. The SMILES string of the molecule is [C-]#[N+]C1CCN(c2cccc(Cn3nc(-c4nc(-c5ccc(C6(C(F)(F)F)CC6)cc5)no4)cc3C)c2)CC1. The zero-order chi connectivity index (χ0) is 27.2. The van der Waals surface area contributed by atoms with E-state index in [2.05, 4.69) is 43.2 Å². The van der Waals surface area contributed by atoms with Gasteiger partial charge in [0.05, 0.1) is 12.0 Å². The van der Waals surface area contributed by atoms with Crippen LogP contribution in [0.3, 0.4) is 0 Å². The highest BCUT2D eigenvalue weighted by Gasteiger charge is 2.64. The van der Waals surface area contributed by atoms with E-state index in [1.807, 2.05) is 23.7 Å². The largest absolute Gasteiger partial charge is 0.398 e. The molecule has 1 aliphatic heterocycles. The van der Waals surface area contributed by atoms with Crippen molar-refractivity contribution in [2.75, 3.05) is 18.0 Å². The van der Waals surface area contributed by atoms with Crippen LogP contribution in [0.5, 0.6) is 0 Å². The van der Waals surface area contributed by atoms with E-state index in [1.165, 1.54) is 12.1 Å². The highest BCUT2D eigenvalue weighted by Crippen LogP contribution is 2.58. The van der Waals surface area contributed by atoms with Gasteiger partial charge in [0.15, 0.2) is 5.69 Å². The van der Waals surface area contributed by atoms with Gasteiger partial charge >= 0.3 is 6.18 Å². The minimum atomic E-state index is -4.25. The number of nitrogens with zero attached hydrogens (tertiary/aromatic N) is 6. The molecule has 1 saturated carbocycles. The second-order valence-corrected chi connectivity index (χ2v) is 10.4. The van der Waals surface area contributed by atoms with Crippen LogP contribution in [-0.4, -0.2) is 45.2 Å². The lowest BCUT2D eigenvalue weighted by Gasteiger charge is -2.29. The van der Waals surface area contributed by atoms with E-state index in [-0.39, 0.29) is 30.3 Å². The Morgan fingerprint density at radius 3 is 2.49 bits per heavy atom. The molecule has 200 valence electrons. The van der Waals surface area contributed by atoms with Crippen LogP contribution in [-0.2, 0) is 12.0 Å². The smallest absolute Gasteiger partial charge is 0.371 e. The van der Waals surface area contributed by atoms with Crippen LogP contribution in [0.2, 0.25) is 0 Å². The van der Waals surface area contributed by atoms with E-state index in [9.17, 15) is 13.2 Å². The first-order valence-electron chi connectivity index (χ1n) is 13.0. The van der Waals surface area contributed by atoms with Gasteiger partial charge in [-0.2, -0.15) is 23.3 Å². The zero-order valence-electron chi connectivity index (χ0n) is 21.4. The topological polar surface area (TPSA) is 64.3 Å². The first-order chi connectivity index (χ1) is 18.8. The Kier molecular flexibility index (Phi) is 6.17. The van der Waals surface area contributed by atoms with Gasteiger partial charge in [0, 0.05) is 42.9 Å². The van der Waals surface area contributed by atoms with Crippen molar-refractivity contribution in [1.82, 2.24) is 19.9 Å². The van der Waals surface area contributed by atoms with E-state index < -0.39 is 11.6 Å². The van der Waals surface area contributed by atoms with E-state index in [0.29, 0.717) is 23.6 Å². The third-order valence-corrected chi connectivity index (χ3v) is 7.87. The Hall–Kier alpha value is -4.13. The first kappa shape index (κ1) is 25.2. The minimum Gasteiger partial charge on any atom is -0.371 e. The number of aryl methyl sites for hydroxylation is 1. The number of hydrogen-bond donors (Lipinski definition) is 0. The molecule has 0 unspecified atom stereocenters. The number of aromatic nitrogens is 4. The fourth-order valence-electron chi connectivity index (χ4n) is 5.30. The molecule has 2 aromatic heterocycles. The lowest BCUT2D eigenvalue weighted by Crippen LogP contribution is -2.34.